The van der Waals surface area contributed by atoms with Gasteiger partial charge in [-0.1, -0.05) is 43.0 Å². The molecule has 0 aromatic heterocycles. The van der Waals surface area contributed by atoms with Gasteiger partial charge in [0.05, 0.1) is 6.26 Å². The Morgan fingerprint density at radius 2 is 2.00 bits per heavy atom. The van der Waals surface area contributed by atoms with Crippen molar-refractivity contribution in [2.24, 2.45) is 0 Å². The summed E-state index contributed by atoms with van der Waals surface area (Å²) in [4.78, 5) is 0. The first-order chi connectivity index (χ1) is 6.36. The van der Waals surface area contributed by atoms with Crippen molar-refractivity contribution >= 4 is 6.08 Å². The van der Waals surface area contributed by atoms with E-state index in [1.54, 1.807) is 0 Å². The molecule has 1 heteroatoms. The van der Waals surface area contributed by atoms with Gasteiger partial charge in [0.1, 0.15) is 6.61 Å². The number of hydrogen-bond acceptors (Lipinski definition) is 1. The number of hydrogen-bond donors (Lipinski definition) is 0. The Morgan fingerprint density at radius 1 is 1.31 bits per heavy atom. The molecule has 0 heterocycles. The van der Waals surface area contributed by atoms with Crippen LogP contribution in [0.5, 0.6) is 0 Å². The van der Waals surface area contributed by atoms with Crippen molar-refractivity contribution in [3.63, 3.8) is 0 Å². The molecule has 0 fully saturated rings. The number of ether oxygens (including phenoxy) is 1. The number of allylic oxidation sites excluding steroid dienone is 1. The van der Waals surface area contributed by atoms with Crippen LogP contribution in [-0.2, 0) is 11.3 Å². The molecule has 1 aromatic carbocycles. The van der Waals surface area contributed by atoms with Crippen molar-refractivity contribution in [3.05, 3.63) is 54.3 Å². The third kappa shape index (κ3) is 3.16. The molecule has 0 aliphatic carbocycles. The average molecular weight is 174 g/mol. The highest BCUT2D eigenvalue weighted by atomic mass is 16.5. The fourth-order valence-electron chi connectivity index (χ4n) is 1.07. The van der Waals surface area contributed by atoms with E-state index < -0.39 is 0 Å². The van der Waals surface area contributed by atoms with E-state index in [0.717, 1.165) is 5.56 Å². The SMILES string of the molecule is C=COCc1ccc(C=CC)cc1. The molecular weight excluding hydrogens is 160 g/mol. The van der Waals surface area contributed by atoms with Crippen molar-refractivity contribution in [3.8, 4) is 0 Å². The van der Waals surface area contributed by atoms with E-state index in [-0.39, 0.29) is 0 Å². The summed E-state index contributed by atoms with van der Waals surface area (Å²) < 4.78 is 5.07. The summed E-state index contributed by atoms with van der Waals surface area (Å²) in [6.45, 7) is 6.09. The predicted molar refractivity (Wildman–Crippen MR) is 56.1 cm³/mol. The maximum Gasteiger partial charge on any atom is 0.112 e. The minimum absolute atomic E-state index is 0.597. The van der Waals surface area contributed by atoms with Crippen LogP contribution in [0.4, 0.5) is 0 Å². The zero-order valence-electron chi connectivity index (χ0n) is 7.86. The first-order valence-corrected chi connectivity index (χ1v) is 4.31. The first kappa shape index (κ1) is 9.59. The fourth-order valence-corrected chi connectivity index (χ4v) is 1.07. The van der Waals surface area contributed by atoms with E-state index in [4.69, 9.17) is 4.74 Å². The average Bonchev–Trinajstić information content (AvgIpc) is 2.17. The monoisotopic (exact) mass is 174 g/mol. The van der Waals surface area contributed by atoms with Gasteiger partial charge in [-0.15, -0.1) is 0 Å². The van der Waals surface area contributed by atoms with Crippen LogP contribution in [0.3, 0.4) is 0 Å². The van der Waals surface area contributed by atoms with Crippen LogP contribution in [0.15, 0.2) is 43.2 Å². The summed E-state index contributed by atoms with van der Waals surface area (Å²) >= 11 is 0. The van der Waals surface area contributed by atoms with Gasteiger partial charge >= 0.3 is 0 Å². The highest BCUT2D eigenvalue weighted by molar-refractivity contribution is 5.49. The third-order valence-electron chi connectivity index (χ3n) is 1.71. The van der Waals surface area contributed by atoms with Crippen molar-refractivity contribution in [1.82, 2.24) is 0 Å². The fraction of sp³-hybridized carbons (Fsp3) is 0.167. The highest BCUT2D eigenvalue weighted by Gasteiger charge is 1.90. The lowest BCUT2D eigenvalue weighted by Gasteiger charge is -2.00. The van der Waals surface area contributed by atoms with Crippen LogP contribution < -0.4 is 0 Å². The van der Waals surface area contributed by atoms with E-state index in [0.29, 0.717) is 6.61 Å². The molecule has 68 valence electrons. The first-order valence-electron chi connectivity index (χ1n) is 4.31. The van der Waals surface area contributed by atoms with Gasteiger partial charge in [-0.25, -0.2) is 0 Å². The molecule has 0 saturated carbocycles. The normalized spacial score (nSPS) is 10.2. The van der Waals surface area contributed by atoms with Crippen molar-refractivity contribution in [2.45, 2.75) is 13.5 Å². The molecule has 13 heavy (non-hydrogen) atoms. The van der Waals surface area contributed by atoms with Gasteiger partial charge in [-0.3, -0.25) is 0 Å². The van der Waals surface area contributed by atoms with E-state index in [1.165, 1.54) is 11.8 Å². The highest BCUT2D eigenvalue weighted by Crippen LogP contribution is 2.07. The predicted octanol–water partition coefficient (Wildman–Crippen LogP) is 3.38. The van der Waals surface area contributed by atoms with Crippen LogP contribution in [0.2, 0.25) is 0 Å². The summed E-state index contributed by atoms with van der Waals surface area (Å²) in [5.41, 5.74) is 2.37. The molecule has 1 rings (SSSR count). The van der Waals surface area contributed by atoms with E-state index in [1.807, 2.05) is 13.0 Å². The van der Waals surface area contributed by atoms with Gasteiger partial charge < -0.3 is 4.74 Å². The Hall–Kier alpha value is -1.50. The van der Waals surface area contributed by atoms with Gasteiger partial charge in [0.2, 0.25) is 0 Å². The minimum atomic E-state index is 0.597. The lowest BCUT2D eigenvalue weighted by molar-refractivity contribution is 0.237. The van der Waals surface area contributed by atoms with Crippen LogP contribution in [0.25, 0.3) is 6.08 Å². The number of benzene rings is 1. The minimum Gasteiger partial charge on any atom is -0.497 e. The molecule has 0 N–H and O–H groups in total. The standard InChI is InChI=1S/C12H14O/c1-3-5-11-6-8-12(9-7-11)10-13-4-2/h3-9H,2,10H2,1H3. The molecule has 0 saturated heterocycles. The maximum absolute atomic E-state index is 5.07. The Morgan fingerprint density at radius 3 is 2.54 bits per heavy atom. The summed E-state index contributed by atoms with van der Waals surface area (Å²) in [5, 5.41) is 0. The van der Waals surface area contributed by atoms with Crippen molar-refractivity contribution < 1.29 is 4.74 Å². The van der Waals surface area contributed by atoms with Gasteiger partial charge in [-0.2, -0.15) is 0 Å². The molecule has 1 aromatic rings. The van der Waals surface area contributed by atoms with E-state index in [9.17, 15) is 0 Å². The Labute approximate surface area is 79.4 Å². The Bertz CT molecular complexity index is 282. The Kier molecular flexibility index (Phi) is 3.83. The van der Waals surface area contributed by atoms with Crippen LogP contribution in [0.1, 0.15) is 18.1 Å². The zero-order chi connectivity index (χ0) is 9.52. The van der Waals surface area contributed by atoms with Crippen LogP contribution in [-0.4, -0.2) is 0 Å². The molecule has 0 bridgehead atoms. The summed E-state index contributed by atoms with van der Waals surface area (Å²) in [5.74, 6) is 0. The molecule has 0 spiro atoms. The Balaban J connectivity index is 2.63. The summed E-state index contributed by atoms with van der Waals surface area (Å²) in [7, 11) is 0. The second kappa shape index (κ2) is 5.20. The molecule has 0 radical (unpaired) electrons. The van der Waals surface area contributed by atoms with Crippen molar-refractivity contribution in [1.29, 1.82) is 0 Å². The largest absolute Gasteiger partial charge is 0.497 e. The van der Waals surface area contributed by atoms with Crippen molar-refractivity contribution in [2.75, 3.05) is 0 Å². The van der Waals surface area contributed by atoms with E-state index in [2.05, 4.69) is 36.9 Å². The van der Waals surface area contributed by atoms with Crippen LogP contribution >= 0.6 is 0 Å². The molecule has 0 unspecified atom stereocenters. The topological polar surface area (TPSA) is 9.23 Å². The summed E-state index contributed by atoms with van der Waals surface area (Å²) in [6.07, 6.45) is 5.55. The van der Waals surface area contributed by atoms with Crippen LogP contribution in [0, 0.1) is 0 Å². The molecule has 0 atom stereocenters. The van der Waals surface area contributed by atoms with Gasteiger partial charge in [0.15, 0.2) is 0 Å². The second-order valence-electron chi connectivity index (χ2n) is 2.72. The molecule has 0 aliphatic rings. The van der Waals surface area contributed by atoms with Gasteiger partial charge in [0.25, 0.3) is 0 Å². The lowest BCUT2D eigenvalue weighted by Crippen LogP contribution is -1.85. The van der Waals surface area contributed by atoms with Gasteiger partial charge in [0, 0.05) is 0 Å². The quantitative estimate of drug-likeness (QED) is 0.636. The lowest BCUT2D eigenvalue weighted by atomic mass is 10.1. The molecule has 0 amide bonds. The molecular formula is C12H14O. The molecule has 1 nitrogen and oxygen atoms in total. The second-order valence-corrected chi connectivity index (χ2v) is 2.72. The van der Waals surface area contributed by atoms with Gasteiger partial charge in [-0.05, 0) is 18.1 Å². The smallest absolute Gasteiger partial charge is 0.112 e. The summed E-state index contributed by atoms with van der Waals surface area (Å²) in [6, 6.07) is 8.25. The number of rotatable bonds is 4. The third-order valence-corrected chi connectivity index (χ3v) is 1.71. The zero-order valence-corrected chi connectivity index (χ0v) is 7.86. The molecule has 0 aliphatic heterocycles. The maximum atomic E-state index is 5.07. The van der Waals surface area contributed by atoms with E-state index >= 15 is 0 Å².